The molecule has 3 atom stereocenters. The summed E-state index contributed by atoms with van der Waals surface area (Å²) in [5.74, 6) is -0.0251. The maximum atomic E-state index is 12.1. The highest BCUT2D eigenvalue weighted by molar-refractivity contribution is 7.85. The van der Waals surface area contributed by atoms with Gasteiger partial charge in [0.25, 0.3) is 10.1 Å². The number of amides is 1. The van der Waals surface area contributed by atoms with Gasteiger partial charge in [-0.1, -0.05) is 30.3 Å². The Balaban J connectivity index is 1.54. The molecule has 1 amide bonds. The van der Waals surface area contributed by atoms with E-state index in [9.17, 15) is 18.3 Å². The van der Waals surface area contributed by atoms with Gasteiger partial charge >= 0.3 is 6.09 Å². The summed E-state index contributed by atoms with van der Waals surface area (Å²) in [5.41, 5.74) is 0.702. The average molecular weight is 339 g/mol. The Morgan fingerprint density at radius 3 is 2.35 bits per heavy atom. The zero-order chi connectivity index (χ0) is 16.4. The standard InChI is InChI=1S/C16H21NO5S/c18-16(19)17-14-6-7-15(17)9-13(8-14)10-22-23(20,21)11-12-4-2-1-3-5-12/h1-5,13-15H,6-11H2,(H,18,19)/t13?,14-,15+. The zero-order valence-corrected chi connectivity index (χ0v) is 13.6. The molecular formula is C16H21NO5S. The quantitative estimate of drug-likeness (QED) is 0.833. The van der Waals surface area contributed by atoms with Crippen LogP contribution in [0.25, 0.3) is 0 Å². The van der Waals surface area contributed by atoms with Crippen LogP contribution in [0.3, 0.4) is 0 Å². The fourth-order valence-electron chi connectivity index (χ4n) is 3.76. The molecule has 7 heteroatoms. The molecule has 2 fully saturated rings. The predicted octanol–water partition coefficient (Wildman–Crippen LogP) is 2.45. The van der Waals surface area contributed by atoms with Crippen molar-refractivity contribution in [2.45, 2.75) is 43.5 Å². The van der Waals surface area contributed by atoms with Crippen LogP contribution in [0.5, 0.6) is 0 Å². The molecule has 1 N–H and O–H groups in total. The molecule has 1 aromatic carbocycles. The number of nitrogens with zero attached hydrogens (tertiary/aromatic N) is 1. The molecule has 6 nitrogen and oxygen atoms in total. The molecule has 2 bridgehead atoms. The fourth-order valence-corrected chi connectivity index (χ4v) is 4.84. The van der Waals surface area contributed by atoms with Crippen LogP contribution in [0.15, 0.2) is 30.3 Å². The second-order valence-electron chi connectivity index (χ2n) is 6.38. The van der Waals surface area contributed by atoms with E-state index in [1.807, 2.05) is 6.07 Å². The molecule has 0 radical (unpaired) electrons. The van der Waals surface area contributed by atoms with Crippen LogP contribution in [0.2, 0.25) is 0 Å². The lowest BCUT2D eigenvalue weighted by Gasteiger charge is -2.36. The van der Waals surface area contributed by atoms with Gasteiger partial charge in [-0.15, -0.1) is 0 Å². The molecule has 2 heterocycles. The van der Waals surface area contributed by atoms with Gasteiger partial charge in [0.15, 0.2) is 0 Å². The van der Waals surface area contributed by atoms with Crippen molar-refractivity contribution in [3.63, 3.8) is 0 Å². The highest BCUT2D eigenvalue weighted by Crippen LogP contribution is 2.38. The number of fused-ring (bicyclic) bond motifs is 2. The summed E-state index contributed by atoms with van der Waals surface area (Å²) in [5, 5.41) is 9.23. The first kappa shape index (κ1) is 16.3. The van der Waals surface area contributed by atoms with Crippen LogP contribution in [0, 0.1) is 5.92 Å². The topological polar surface area (TPSA) is 83.9 Å². The van der Waals surface area contributed by atoms with Gasteiger partial charge in [-0.3, -0.25) is 4.18 Å². The minimum absolute atomic E-state index is 0.0108. The highest BCUT2D eigenvalue weighted by atomic mass is 32.2. The molecule has 2 aliphatic rings. The van der Waals surface area contributed by atoms with E-state index in [2.05, 4.69) is 0 Å². The van der Waals surface area contributed by atoms with Gasteiger partial charge in [0, 0.05) is 12.1 Å². The van der Waals surface area contributed by atoms with E-state index in [0.29, 0.717) is 18.4 Å². The van der Waals surface area contributed by atoms with Crippen molar-refractivity contribution in [2.24, 2.45) is 5.92 Å². The van der Waals surface area contributed by atoms with E-state index >= 15 is 0 Å². The molecule has 1 unspecified atom stereocenters. The maximum Gasteiger partial charge on any atom is 0.407 e. The van der Waals surface area contributed by atoms with Gasteiger partial charge in [-0.25, -0.2) is 4.79 Å². The third-order valence-corrected chi connectivity index (χ3v) is 5.90. The van der Waals surface area contributed by atoms with E-state index in [-0.39, 0.29) is 30.4 Å². The predicted molar refractivity (Wildman–Crippen MR) is 84.4 cm³/mol. The van der Waals surface area contributed by atoms with Crippen LogP contribution in [-0.2, 0) is 20.1 Å². The summed E-state index contributed by atoms with van der Waals surface area (Å²) < 4.78 is 29.3. The van der Waals surface area contributed by atoms with Crippen molar-refractivity contribution in [1.29, 1.82) is 0 Å². The molecule has 23 heavy (non-hydrogen) atoms. The molecule has 0 aromatic heterocycles. The normalized spacial score (nSPS) is 27.1. The maximum absolute atomic E-state index is 12.1. The van der Waals surface area contributed by atoms with Gasteiger partial charge < -0.3 is 10.0 Å². The molecule has 0 aliphatic carbocycles. The summed E-state index contributed by atoms with van der Waals surface area (Å²) in [6.07, 6.45) is 2.23. The summed E-state index contributed by atoms with van der Waals surface area (Å²) in [6.45, 7) is 0.148. The van der Waals surface area contributed by atoms with Crippen molar-refractivity contribution in [1.82, 2.24) is 4.90 Å². The number of benzene rings is 1. The van der Waals surface area contributed by atoms with E-state index in [0.717, 1.165) is 12.8 Å². The summed E-state index contributed by atoms with van der Waals surface area (Å²) in [7, 11) is -3.61. The number of carboxylic acid groups (broad SMARTS) is 1. The van der Waals surface area contributed by atoms with Gasteiger partial charge in [-0.05, 0) is 37.2 Å². The number of hydrogen-bond acceptors (Lipinski definition) is 4. The number of piperidine rings is 1. The van der Waals surface area contributed by atoms with E-state index < -0.39 is 16.2 Å². The second kappa shape index (κ2) is 6.49. The Morgan fingerprint density at radius 2 is 1.78 bits per heavy atom. The van der Waals surface area contributed by atoms with Crippen molar-refractivity contribution >= 4 is 16.2 Å². The Hall–Kier alpha value is -1.60. The summed E-state index contributed by atoms with van der Waals surface area (Å²) >= 11 is 0. The molecule has 0 spiro atoms. The van der Waals surface area contributed by atoms with Crippen molar-refractivity contribution in [2.75, 3.05) is 6.61 Å². The first-order chi connectivity index (χ1) is 10.9. The lowest BCUT2D eigenvalue weighted by Crippen LogP contribution is -2.46. The second-order valence-corrected chi connectivity index (χ2v) is 8.02. The van der Waals surface area contributed by atoms with Crippen LogP contribution in [-0.4, -0.2) is 43.2 Å². The van der Waals surface area contributed by atoms with Gasteiger partial charge in [0.2, 0.25) is 0 Å². The number of carbonyl (C=O) groups is 1. The van der Waals surface area contributed by atoms with Crippen LogP contribution < -0.4 is 0 Å². The van der Waals surface area contributed by atoms with Gasteiger partial charge in [-0.2, -0.15) is 8.42 Å². The first-order valence-electron chi connectivity index (χ1n) is 7.87. The summed E-state index contributed by atoms with van der Waals surface area (Å²) in [4.78, 5) is 12.8. The largest absolute Gasteiger partial charge is 0.465 e. The van der Waals surface area contributed by atoms with Crippen LogP contribution in [0.4, 0.5) is 4.79 Å². The van der Waals surface area contributed by atoms with E-state index in [1.54, 1.807) is 24.3 Å². The summed E-state index contributed by atoms with van der Waals surface area (Å²) in [6, 6.07) is 8.96. The molecule has 3 rings (SSSR count). The average Bonchev–Trinajstić information content (AvgIpc) is 2.77. The van der Waals surface area contributed by atoms with Crippen molar-refractivity contribution < 1.29 is 22.5 Å². The SMILES string of the molecule is O=C(O)N1[C@@H]2CC[C@H]1CC(COS(=O)(=O)Cc1ccccc1)C2. The van der Waals surface area contributed by atoms with Crippen LogP contribution >= 0.6 is 0 Å². The molecule has 126 valence electrons. The Bertz CT molecular complexity index is 646. The molecular weight excluding hydrogens is 318 g/mol. The smallest absolute Gasteiger partial charge is 0.407 e. The highest BCUT2D eigenvalue weighted by Gasteiger charge is 2.43. The zero-order valence-electron chi connectivity index (χ0n) is 12.8. The Kier molecular flexibility index (Phi) is 4.59. The molecule has 2 saturated heterocycles. The van der Waals surface area contributed by atoms with Crippen molar-refractivity contribution in [3.05, 3.63) is 35.9 Å². The van der Waals surface area contributed by atoms with E-state index in [4.69, 9.17) is 4.18 Å². The monoisotopic (exact) mass is 339 g/mol. The third-order valence-electron chi connectivity index (χ3n) is 4.72. The van der Waals surface area contributed by atoms with E-state index in [1.165, 1.54) is 4.90 Å². The third kappa shape index (κ3) is 3.84. The minimum Gasteiger partial charge on any atom is -0.465 e. The first-order valence-corrected chi connectivity index (χ1v) is 9.44. The molecule has 1 aromatic rings. The molecule has 0 saturated carbocycles. The van der Waals surface area contributed by atoms with Crippen molar-refractivity contribution in [3.8, 4) is 0 Å². The minimum atomic E-state index is -3.61. The lowest BCUT2D eigenvalue weighted by atomic mass is 9.92. The Labute approximate surface area is 136 Å². The van der Waals surface area contributed by atoms with Gasteiger partial charge in [0.1, 0.15) is 5.75 Å². The fraction of sp³-hybridized carbons (Fsp3) is 0.562. The number of hydrogen-bond donors (Lipinski definition) is 1. The molecule has 2 aliphatic heterocycles. The lowest BCUT2D eigenvalue weighted by molar-refractivity contribution is 0.0721. The Morgan fingerprint density at radius 1 is 1.17 bits per heavy atom. The number of rotatable bonds is 5. The van der Waals surface area contributed by atoms with Gasteiger partial charge in [0.05, 0.1) is 6.61 Å². The van der Waals surface area contributed by atoms with Crippen LogP contribution in [0.1, 0.15) is 31.2 Å².